The van der Waals surface area contributed by atoms with Gasteiger partial charge in [0.2, 0.25) is 0 Å². The minimum absolute atomic E-state index is 0.000549. The number of methoxy groups -OCH3 is 1. The number of benzene rings is 1. The summed E-state index contributed by atoms with van der Waals surface area (Å²) in [6, 6.07) is 3.54. The first-order chi connectivity index (χ1) is 11.1. The van der Waals surface area contributed by atoms with Gasteiger partial charge in [0.15, 0.2) is 0 Å². The fourth-order valence-corrected chi connectivity index (χ4v) is 2.68. The minimum atomic E-state index is -0.586. The molecule has 2 N–H and O–H groups in total. The van der Waals surface area contributed by atoms with Crippen LogP contribution in [-0.2, 0) is 11.2 Å². The molecular formula is C16H23F2N3O2. The van der Waals surface area contributed by atoms with Crippen molar-refractivity contribution in [1.29, 1.82) is 0 Å². The Morgan fingerprint density at radius 1 is 1.39 bits per heavy atom. The lowest BCUT2D eigenvalue weighted by Crippen LogP contribution is -2.44. The van der Waals surface area contributed by atoms with Gasteiger partial charge in [-0.3, -0.25) is 4.90 Å². The number of amides is 2. The van der Waals surface area contributed by atoms with Crippen LogP contribution < -0.4 is 10.6 Å². The molecule has 0 aliphatic carbocycles. The van der Waals surface area contributed by atoms with E-state index in [9.17, 15) is 13.6 Å². The molecule has 2 amide bonds. The fourth-order valence-electron chi connectivity index (χ4n) is 2.68. The fraction of sp³-hybridized carbons (Fsp3) is 0.562. The summed E-state index contributed by atoms with van der Waals surface area (Å²) in [5, 5.41) is 5.52. The molecule has 1 saturated heterocycles. The summed E-state index contributed by atoms with van der Waals surface area (Å²) in [7, 11) is 1.66. The smallest absolute Gasteiger partial charge is 0.315 e. The van der Waals surface area contributed by atoms with Crippen LogP contribution in [0.2, 0.25) is 0 Å². The average Bonchev–Trinajstić information content (AvgIpc) is 2.95. The molecule has 2 rings (SSSR count). The highest BCUT2D eigenvalue weighted by Crippen LogP contribution is 2.12. The van der Waals surface area contributed by atoms with Crippen molar-refractivity contribution in [2.75, 3.05) is 39.9 Å². The molecular weight excluding hydrogens is 304 g/mol. The number of carbonyl (C=O) groups excluding carboxylic acids is 1. The second kappa shape index (κ2) is 8.79. The van der Waals surface area contributed by atoms with Crippen LogP contribution in [0, 0.1) is 11.6 Å². The molecule has 1 aromatic carbocycles. The molecule has 1 heterocycles. The number of hydrogen-bond acceptors (Lipinski definition) is 3. The van der Waals surface area contributed by atoms with Gasteiger partial charge in [-0.1, -0.05) is 6.07 Å². The maximum atomic E-state index is 13.5. The van der Waals surface area contributed by atoms with E-state index in [4.69, 9.17) is 4.74 Å². The molecule has 0 aromatic heterocycles. The largest absolute Gasteiger partial charge is 0.383 e. The number of urea groups is 1. The van der Waals surface area contributed by atoms with E-state index in [1.54, 1.807) is 7.11 Å². The van der Waals surface area contributed by atoms with Crippen LogP contribution in [-0.4, -0.2) is 56.9 Å². The van der Waals surface area contributed by atoms with Gasteiger partial charge in [0, 0.05) is 44.9 Å². The topological polar surface area (TPSA) is 53.6 Å². The number of nitrogens with one attached hydrogen (secondary N) is 2. The third-order valence-corrected chi connectivity index (χ3v) is 3.94. The SMILES string of the molecule is COCCN1CC[C@H](NC(=O)NCCc2c(F)cccc2F)C1. The Morgan fingerprint density at radius 2 is 2.13 bits per heavy atom. The van der Waals surface area contributed by atoms with Gasteiger partial charge in [0.25, 0.3) is 0 Å². The second-order valence-corrected chi connectivity index (χ2v) is 5.63. The van der Waals surface area contributed by atoms with Crippen LogP contribution in [0.25, 0.3) is 0 Å². The number of rotatable bonds is 7. The van der Waals surface area contributed by atoms with E-state index < -0.39 is 11.6 Å². The maximum absolute atomic E-state index is 13.5. The Kier molecular flexibility index (Phi) is 6.73. The van der Waals surface area contributed by atoms with Crippen molar-refractivity contribution in [2.24, 2.45) is 0 Å². The summed E-state index contributed by atoms with van der Waals surface area (Å²) in [4.78, 5) is 14.1. The molecule has 0 bridgehead atoms. The summed E-state index contributed by atoms with van der Waals surface area (Å²) in [5.41, 5.74) is -0.000549. The number of nitrogens with zero attached hydrogens (tertiary/aromatic N) is 1. The normalized spacial score (nSPS) is 18.1. The van der Waals surface area contributed by atoms with Crippen LogP contribution in [0.5, 0.6) is 0 Å². The first kappa shape index (κ1) is 17.6. The minimum Gasteiger partial charge on any atom is -0.383 e. The zero-order valence-electron chi connectivity index (χ0n) is 13.3. The van der Waals surface area contributed by atoms with Gasteiger partial charge in [-0.15, -0.1) is 0 Å². The number of halogens is 2. The average molecular weight is 327 g/mol. The Labute approximate surface area is 135 Å². The number of hydrogen-bond donors (Lipinski definition) is 2. The number of ether oxygens (including phenoxy) is 1. The van der Waals surface area contributed by atoms with Crippen molar-refractivity contribution in [2.45, 2.75) is 18.9 Å². The first-order valence-corrected chi connectivity index (χ1v) is 7.78. The van der Waals surface area contributed by atoms with Gasteiger partial charge in [0.05, 0.1) is 6.61 Å². The molecule has 0 spiro atoms. The summed E-state index contributed by atoms with van der Waals surface area (Å²) in [6.07, 6.45) is 1.01. The third-order valence-electron chi connectivity index (χ3n) is 3.94. The highest BCUT2D eigenvalue weighted by atomic mass is 19.1. The highest BCUT2D eigenvalue weighted by Gasteiger charge is 2.23. The molecule has 128 valence electrons. The van der Waals surface area contributed by atoms with E-state index in [0.717, 1.165) is 26.1 Å². The molecule has 1 aliphatic heterocycles. The van der Waals surface area contributed by atoms with Crippen LogP contribution >= 0.6 is 0 Å². The van der Waals surface area contributed by atoms with Gasteiger partial charge in [0.1, 0.15) is 11.6 Å². The maximum Gasteiger partial charge on any atom is 0.315 e. The molecule has 1 aromatic rings. The van der Waals surface area contributed by atoms with Crippen molar-refractivity contribution >= 4 is 6.03 Å². The lowest BCUT2D eigenvalue weighted by Gasteiger charge is -2.16. The predicted octanol–water partition coefficient (Wildman–Crippen LogP) is 1.53. The van der Waals surface area contributed by atoms with Crippen molar-refractivity contribution in [3.05, 3.63) is 35.4 Å². The second-order valence-electron chi connectivity index (χ2n) is 5.63. The van der Waals surface area contributed by atoms with Crippen molar-refractivity contribution < 1.29 is 18.3 Å². The third kappa shape index (κ3) is 5.44. The van der Waals surface area contributed by atoms with Crippen LogP contribution in [0.3, 0.4) is 0 Å². The van der Waals surface area contributed by atoms with E-state index in [1.807, 2.05) is 0 Å². The zero-order valence-corrected chi connectivity index (χ0v) is 13.3. The van der Waals surface area contributed by atoms with Gasteiger partial charge in [-0.05, 0) is 25.0 Å². The molecule has 1 aliphatic rings. The van der Waals surface area contributed by atoms with Crippen LogP contribution in [0.1, 0.15) is 12.0 Å². The zero-order chi connectivity index (χ0) is 16.7. The summed E-state index contributed by atoms with van der Waals surface area (Å²) in [6.45, 7) is 3.42. The van der Waals surface area contributed by atoms with Crippen LogP contribution in [0.15, 0.2) is 18.2 Å². The Morgan fingerprint density at radius 3 is 2.83 bits per heavy atom. The quantitative estimate of drug-likeness (QED) is 0.798. The van der Waals surface area contributed by atoms with E-state index in [0.29, 0.717) is 6.61 Å². The molecule has 0 saturated carbocycles. The van der Waals surface area contributed by atoms with Gasteiger partial charge in [-0.2, -0.15) is 0 Å². The van der Waals surface area contributed by atoms with Crippen molar-refractivity contribution in [3.63, 3.8) is 0 Å². The first-order valence-electron chi connectivity index (χ1n) is 7.78. The molecule has 0 unspecified atom stereocenters. The van der Waals surface area contributed by atoms with Crippen molar-refractivity contribution in [3.8, 4) is 0 Å². The van der Waals surface area contributed by atoms with Gasteiger partial charge < -0.3 is 15.4 Å². The molecule has 5 nitrogen and oxygen atoms in total. The number of carbonyl (C=O) groups is 1. The Hall–Kier alpha value is -1.73. The van der Waals surface area contributed by atoms with Gasteiger partial charge >= 0.3 is 6.03 Å². The molecule has 0 radical (unpaired) electrons. The summed E-state index contributed by atoms with van der Waals surface area (Å²) >= 11 is 0. The lowest BCUT2D eigenvalue weighted by atomic mass is 10.1. The monoisotopic (exact) mass is 327 g/mol. The standard InChI is InChI=1S/C16H23F2N3O2/c1-23-10-9-21-8-6-12(11-21)20-16(22)19-7-5-13-14(17)3-2-4-15(13)18/h2-4,12H,5-11H2,1H3,(H2,19,20,22)/t12-/m0/s1. The molecule has 1 fully saturated rings. The molecule has 1 atom stereocenters. The van der Waals surface area contributed by atoms with Crippen molar-refractivity contribution in [1.82, 2.24) is 15.5 Å². The van der Waals surface area contributed by atoms with E-state index in [-0.39, 0.29) is 30.6 Å². The Bertz CT molecular complexity index is 508. The van der Waals surface area contributed by atoms with Gasteiger partial charge in [-0.25, -0.2) is 13.6 Å². The van der Waals surface area contributed by atoms with E-state index in [1.165, 1.54) is 18.2 Å². The van der Waals surface area contributed by atoms with E-state index in [2.05, 4.69) is 15.5 Å². The van der Waals surface area contributed by atoms with E-state index >= 15 is 0 Å². The summed E-state index contributed by atoms with van der Waals surface area (Å²) in [5.74, 6) is -1.17. The lowest BCUT2D eigenvalue weighted by molar-refractivity contribution is 0.159. The molecule has 7 heteroatoms. The Balaban J connectivity index is 1.68. The van der Waals surface area contributed by atoms with Crippen LogP contribution in [0.4, 0.5) is 13.6 Å². The predicted molar refractivity (Wildman–Crippen MR) is 83.3 cm³/mol. The molecule has 23 heavy (non-hydrogen) atoms. The summed E-state index contributed by atoms with van der Waals surface area (Å²) < 4.78 is 32.0. The highest BCUT2D eigenvalue weighted by molar-refractivity contribution is 5.74. The number of likely N-dealkylation sites (tertiary alicyclic amines) is 1.